The van der Waals surface area contributed by atoms with E-state index in [4.69, 9.17) is 27.9 Å². The van der Waals surface area contributed by atoms with Crippen LogP contribution in [-0.2, 0) is 11.2 Å². The fourth-order valence-corrected chi connectivity index (χ4v) is 2.64. The molecule has 1 aromatic rings. The second-order valence-corrected chi connectivity index (χ2v) is 5.99. The Balaban J connectivity index is 0.00000529. The lowest BCUT2D eigenvalue weighted by atomic mass is 10.1. The molecule has 0 aliphatic carbocycles. The Bertz CT molecular complexity index is 467. The minimum atomic E-state index is 0. The third-order valence-corrected chi connectivity index (χ3v) is 3.58. The summed E-state index contributed by atoms with van der Waals surface area (Å²) in [5.41, 5.74) is 1.11. The minimum absolute atomic E-state index is 0. The van der Waals surface area contributed by atoms with Crippen LogP contribution in [0, 0.1) is 0 Å². The molecule has 0 unspecified atom stereocenters. The van der Waals surface area contributed by atoms with Crippen molar-refractivity contribution in [3.05, 3.63) is 33.8 Å². The van der Waals surface area contributed by atoms with Crippen molar-refractivity contribution >= 4 is 53.1 Å². The number of hydrogen-bond donors (Lipinski definition) is 2. The summed E-state index contributed by atoms with van der Waals surface area (Å²) in [4.78, 5) is 4.56. The molecule has 0 saturated heterocycles. The summed E-state index contributed by atoms with van der Waals surface area (Å²) in [6.45, 7) is 8.08. The van der Waals surface area contributed by atoms with Gasteiger partial charge < -0.3 is 15.4 Å². The molecular formula is C17H28Cl2IN3O. The monoisotopic (exact) mass is 487 g/mol. The lowest BCUT2D eigenvalue weighted by Crippen LogP contribution is -2.38. The molecule has 0 saturated carbocycles. The van der Waals surface area contributed by atoms with Crippen LogP contribution < -0.4 is 10.6 Å². The van der Waals surface area contributed by atoms with Gasteiger partial charge in [-0.05, 0) is 56.9 Å². The lowest BCUT2D eigenvalue weighted by Gasteiger charge is -2.11. The average Bonchev–Trinajstić information content (AvgIpc) is 2.49. The molecule has 0 aromatic heterocycles. The smallest absolute Gasteiger partial charge is 0.191 e. The molecule has 0 bridgehead atoms. The Labute approximate surface area is 172 Å². The van der Waals surface area contributed by atoms with Crippen molar-refractivity contribution < 1.29 is 4.74 Å². The van der Waals surface area contributed by atoms with Gasteiger partial charge in [-0.1, -0.05) is 23.2 Å². The molecule has 0 atom stereocenters. The highest BCUT2D eigenvalue weighted by atomic mass is 127. The maximum absolute atomic E-state index is 6.01. The van der Waals surface area contributed by atoms with E-state index in [9.17, 15) is 0 Å². The largest absolute Gasteiger partial charge is 0.382 e. The molecule has 138 valence electrons. The van der Waals surface area contributed by atoms with Gasteiger partial charge in [0.1, 0.15) is 0 Å². The van der Waals surface area contributed by atoms with E-state index in [2.05, 4.69) is 22.5 Å². The third-order valence-electron chi connectivity index (χ3n) is 3.14. The van der Waals surface area contributed by atoms with Gasteiger partial charge in [-0.25, -0.2) is 0 Å². The lowest BCUT2D eigenvalue weighted by molar-refractivity contribution is 0.144. The van der Waals surface area contributed by atoms with Crippen LogP contribution in [0.1, 0.15) is 32.3 Å². The highest BCUT2D eigenvalue weighted by Gasteiger charge is 2.00. The number of guanidine groups is 1. The van der Waals surface area contributed by atoms with Gasteiger partial charge in [0.25, 0.3) is 0 Å². The van der Waals surface area contributed by atoms with E-state index in [0.717, 1.165) is 63.6 Å². The summed E-state index contributed by atoms with van der Waals surface area (Å²) >= 11 is 12.0. The van der Waals surface area contributed by atoms with Crippen molar-refractivity contribution in [2.45, 2.75) is 33.1 Å². The first kappa shape index (κ1) is 23.8. The van der Waals surface area contributed by atoms with Crippen molar-refractivity contribution in [2.24, 2.45) is 4.99 Å². The number of rotatable bonds is 10. The van der Waals surface area contributed by atoms with Gasteiger partial charge >= 0.3 is 0 Å². The number of unbranched alkanes of at least 4 members (excludes halogenated alkanes) is 1. The Kier molecular flexibility index (Phi) is 14.9. The molecule has 1 aromatic carbocycles. The topological polar surface area (TPSA) is 45.7 Å². The van der Waals surface area contributed by atoms with Crippen LogP contribution in [-0.4, -0.2) is 38.8 Å². The second-order valence-electron chi connectivity index (χ2n) is 5.12. The van der Waals surface area contributed by atoms with Gasteiger partial charge in [0.2, 0.25) is 0 Å². The van der Waals surface area contributed by atoms with Crippen molar-refractivity contribution in [1.82, 2.24) is 10.6 Å². The average molecular weight is 488 g/mol. The predicted octanol–water partition coefficient (Wildman–Crippen LogP) is 4.53. The van der Waals surface area contributed by atoms with Gasteiger partial charge in [0.05, 0.1) is 0 Å². The van der Waals surface area contributed by atoms with Crippen LogP contribution in [0.15, 0.2) is 23.2 Å². The molecule has 0 amide bonds. The summed E-state index contributed by atoms with van der Waals surface area (Å²) in [5.74, 6) is 0.844. The number of hydrogen-bond acceptors (Lipinski definition) is 2. The van der Waals surface area contributed by atoms with E-state index in [1.54, 1.807) is 6.07 Å². The Morgan fingerprint density at radius 2 is 1.79 bits per heavy atom. The van der Waals surface area contributed by atoms with Crippen molar-refractivity contribution in [1.29, 1.82) is 0 Å². The van der Waals surface area contributed by atoms with Crippen LogP contribution in [0.3, 0.4) is 0 Å². The van der Waals surface area contributed by atoms with E-state index >= 15 is 0 Å². The summed E-state index contributed by atoms with van der Waals surface area (Å²) in [6.07, 6.45) is 2.91. The standard InChI is InChI=1S/C17H27Cl2N3O.HI/c1-3-20-17(21-8-5-6-10-23-4-2)22-9-7-14-11-15(18)13-16(19)12-14;/h11-13H,3-10H2,1-2H3,(H2,20,21,22);1H. The number of ether oxygens (including phenoxy) is 1. The van der Waals surface area contributed by atoms with Gasteiger partial charge in [-0.3, -0.25) is 4.99 Å². The zero-order valence-corrected chi connectivity index (χ0v) is 18.3. The zero-order chi connectivity index (χ0) is 16.9. The number of aliphatic imine (C=N–C) groups is 1. The van der Waals surface area contributed by atoms with Gasteiger partial charge in [-0.2, -0.15) is 0 Å². The molecule has 2 N–H and O–H groups in total. The highest BCUT2D eigenvalue weighted by Crippen LogP contribution is 2.19. The van der Waals surface area contributed by atoms with E-state index < -0.39 is 0 Å². The van der Waals surface area contributed by atoms with Crippen molar-refractivity contribution in [3.63, 3.8) is 0 Å². The first-order valence-corrected chi connectivity index (χ1v) is 8.96. The Morgan fingerprint density at radius 1 is 1.08 bits per heavy atom. The van der Waals surface area contributed by atoms with E-state index in [1.807, 2.05) is 19.1 Å². The summed E-state index contributed by atoms with van der Waals surface area (Å²) in [5, 5.41) is 7.92. The molecule has 0 aliphatic rings. The van der Waals surface area contributed by atoms with E-state index in [0.29, 0.717) is 10.0 Å². The number of nitrogens with one attached hydrogen (secondary N) is 2. The number of benzene rings is 1. The molecule has 0 radical (unpaired) electrons. The molecule has 24 heavy (non-hydrogen) atoms. The first-order valence-electron chi connectivity index (χ1n) is 8.20. The summed E-state index contributed by atoms with van der Waals surface area (Å²) in [6, 6.07) is 5.62. The first-order chi connectivity index (χ1) is 11.2. The van der Waals surface area contributed by atoms with Gasteiger partial charge in [0, 0.05) is 42.9 Å². The predicted molar refractivity (Wildman–Crippen MR) is 115 cm³/mol. The fraction of sp³-hybridized carbons (Fsp3) is 0.588. The molecule has 0 spiro atoms. The number of halogens is 3. The van der Waals surface area contributed by atoms with Crippen LogP contribution in [0.4, 0.5) is 0 Å². The van der Waals surface area contributed by atoms with Crippen LogP contribution in [0.5, 0.6) is 0 Å². The van der Waals surface area contributed by atoms with Crippen LogP contribution in [0.2, 0.25) is 10.0 Å². The Hall–Kier alpha value is -0.240. The number of nitrogens with zero attached hydrogens (tertiary/aromatic N) is 1. The van der Waals surface area contributed by atoms with Gasteiger partial charge in [-0.15, -0.1) is 24.0 Å². The van der Waals surface area contributed by atoms with E-state index in [1.165, 1.54) is 0 Å². The molecule has 0 fully saturated rings. The van der Waals surface area contributed by atoms with E-state index in [-0.39, 0.29) is 24.0 Å². The third kappa shape index (κ3) is 11.3. The summed E-state index contributed by atoms with van der Waals surface area (Å²) in [7, 11) is 0. The molecular weight excluding hydrogens is 460 g/mol. The molecule has 0 aliphatic heterocycles. The minimum Gasteiger partial charge on any atom is -0.382 e. The molecule has 7 heteroatoms. The summed E-state index contributed by atoms with van der Waals surface area (Å²) < 4.78 is 5.32. The van der Waals surface area contributed by atoms with Crippen molar-refractivity contribution in [2.75, 3.05) is 32.8 Å². The molecule has 4 nitrogen and oxygen atoms in total. The highest BCUT2D eigenvalue weighted by molar-refractivity contribution is 14.0. The SMILES string of the molecule is CCNC(=NCCCCOCC)NCCc1cc(Cl)cc(Cl)c1.I. The molecule has 1 rings (SSSR count). The van der Waals surface area contributed by atoms with Gasteiger partial charge in [0.15, 0.2) is 5.96 Å². The zero-order valence-electron chi connectivity index (χ0n) is 14.4. The fourth-order valence-electron chi connectivity index (χ4n) is 2.07. The van der Waals surface area contributed by atoms with Crippen LogP contribution in [0.25, 0.3) is 0 Å². The quantitative estimate of drug-likeness (QED) is 0.220. The molecule has 0 heterocycles. The van der Waals surface area contributed by atoms with Crippen LogP contribution >= 0.6 is 47.2 Å². The normalized spacial score (nSPS) is 11.1. The Morgan fingerprint density at radius 3 is 2.42 bits per heavy atom. The maximum atomic E-state index is 6.01. The maximum Gasteiger partial charge on any atom is 0.191 e. The van der Waals surface area contributed by atoms with Crippen molar-refractivity contribution in [3.8, 4) is 0 Å². The second kappa shape index (κ2) is 15.0.